The molecule has 0 aliphatic heterocycles. The highest BCUT2D eigenvalue weighted by Gasteiger charge is 2.17. The number of hydrogen-bond acceptors (Lipinski definition) is 4. The van der Waals surface area contributed by atoms with E-state index in [0.29, 0.717) is 29.7 Å². The van der Waals surface area contributed by atoms with Crippen molar-refractivity contribution in [3.8, 4) is 11.5 Å². The van der Waals surface area contributed by atoms with Crippen molar-refractivity contribution in [2.24, 2.45) is 0 Å². The van der Waals surface area contributed by atoms with Crippen LogP contribution in [0.25, 0.3) is 0 Å². The number of nitrogens with one attached hydrogen (secondary N) is 1. The van der Waals surface area contributed by atoms with Gasteiger partial charge in [0.15, 0.2) is 11.5 Å². The molecule has 2 aromatic carbocycles. The van der Waals surface area contributed by atoms with E-state index >= 15 is 0 Å². The van der Waals surface area contributed by atoms with Gasteiger partial charge < -0.3 is 19.9 Å². The normalized spacial score (nSPS) is 11.0. The summed E-state index contributed by atoms with van der Waals surface area (Å²) in [6, 6.07) is 11.9. The molecule has 0 heterocycles. The maximum atomic E-state index is 9.33. The minimum absolute atomic E-state index is 0. The van der Waals surface area contributed by atoms with Crippen molar-refractivity contribution < 1.29 is 14.6 Å². The molecule has 0 radical (unpaired) electrons. The predicted molar refractivity (Wildman–Crippen MR) is 109 cm³/mol. The number of hydrogen-bond donors (Lipinski definition) is 2. The lowest BCUT2D eigenvalue weighted by molar-refractivity contribution is 0.187. The summed E-state index contributed by atoms with van der Waals surface area (Å²) in [5.41, 5.74) is 2.88. The van der Waals surface area contributed by atoms with Gasteiger partial charge in [-0.25, -0.2) is 0 Å². The Balaban J connectivity index is 0.00000338. The monoisotopic (exact) mass is 399 g/mol. The molecule has 0 aliphatic carbocycles. The van der Waals surface area contributed by atoms with Crippen molar-refractivity contribution in [3.63, 3.8) is 0 Å². The Hall–Kier alpha value is -1.46. The van der Waals surface area contributed by atoms with E-state index < -0.39 is 0 Å². The molecule has 0 fully saturated rings. The van der Waals surface area contributed by atoms with Crippen molar-refractivity contribution in [3.05, 3.63) is 58.1 Å². The van der Waals surface area contributed by atoms with E-state index in [0.717, 1.165) is 11.1 Å². The van der Waals surface area contributed by atoms with E-state index in [4.69, 9.17) is 21.1 Å². The molecular formula is C20H27Cl2NO3. The molecular weight excluding hydrogens is 373 g/mol. The zero-order valence-electron chi connectivity index (χ0n) is 15.6. The Morgan fingerprint density at radius 1 is 1.12 bits per heavy atom. The molecule has 0 bridgehead atoms. The largest absolute Gasteiger partial charge is 0.493 e. The second-order valence-electron chi connectivity index (χ2n) is 6.78. The highest BCUT2D eigenvalue weighted by molar-refractivity contribution is 6.32. The maximum Gasteiger partial charge on any atom is 0.180 e. The molecule has 144 valence electrons. The molecule has 0 aromatic heterocycles. The predicted octanol–water partition coefficient (Wildman–Crippen LogP) is 4.52. The van der Waals surface area contributed by atoms with Crippen LogP contribution in [0.2, 0.25) is 5.02 Å². The number of benzene rings is 2. The lowest BCUT2D eigenvalue weighted by Gasteiger charge is -2.24. The molecule has 2 N–H and O–H groups in total. The number of rotatable bonds is 8. The van der Waals surface area contributed by atoms with Crippen LogP contribution < -0.4 is 14.8 Å². The van der Waals surface area contributed by atoms with Crippen molar-refractivity contribution in [2.45, 2.75) is 39.5 Å². The van der Waals surface area contributed by atoms with E-state index in [1.165, 1.54) is 5.56 Å². The van der Waals surface area contributed by atoms with Gasteiger partial charge in [-0.05, 0) is 44.0 Å². The molecule has 0 saturated heterocycles. The first-order valence-electron chi connectivity index (χ1n) is 8.25. The van der Waals surface area contributed by atoms with Gasteiger partial charge in [-0.3, -0.25) is 0 Å². The van der Waals surface area contributed by atoms with E-state index in [-0.39, 0.29) is 24.6 Å². The van der Waals surface area contributed by atoms with Gasteiger partial charge in [0, 0.05) is 12.1 Å². The molecule has 0 spiro atoms. The second-order valence-corrected chi connectivity index (χ2v) is 7.19. The van der Waals surface area contributed by atoms with Crippen LogP contribution in [-0.4, -0.2) is 24.4 Å². The first-order chi connectivity index (χ1) is 11.8. The Kier molecular flexibility index (Phi) is 8.71. The fraction of sp³-hybridized carbons (Fsp3) is 0.400. The third-order valence-electron chi connectivity index (χ3n) is 3.96. The Labute approximate surface area is 166 Å². The van der Waals surface area contributed by atoms with Crippen LogP contribution >= 0.6 is 24.0 Å². The first-order valence-corrected chi connectivity index (χ1v) is 8.63. The van der Waals surface area contributed by atoms with Gasteiger partial charge >= 0.3 is 0 Å². The fourth-order valence-electron chi connectivity index (χ4n) is 2.25. The minimum atomic E-state index is -0.361. The summed E-state index contributed by atoms with van der Waals surface area (Å²) in [6.07, 6.45) is 0. The average molecular weight is 400 g/mol. The topological polar surface area (TPSA) is 50.7 Å². The number of aliphatic hydroxyl groups excluding tert-OH is 1. The van der Waals surface area contributed by atoms with Gasteiger partial charge in [-0.15, -0.1) is 12.4 Å². The lowest BCUT2D eigenvalue weighted by Crippen LogP contribution is -2.42. The average Bonchev–Trinajstić information content (AvgIpc) is 2.60. The smallest absolute Gasteiger partial charge is 0.180 e. The molecule has 0 saturated carbocycles. The Bertz CT molecular complexity index is 703. The number of halogens is 2. The maximum absolute atomic E-state index is 9.33. The van der Waals surface area contributed by atoms with Crippen molar-refractivity contribution in [2.75, 3.05) is 13.7 Å². The van der Waals surface area contributed by atoms with E-state index in [1.54, 1.807) is 7.11 Å². The van der Waals surface area contributed by atoms with Crippen LogP contribution in [0.4, 0.5) is 0 Å². The van der Waals surface area contributed by atoms with Crippen LogP contribution in [-0.2, 0) is 13.2 Å². The Morgan fingerprint density at radius 3 is 2.35 bits per heavy atom. The standard InChI is InChI=1S/C20H26ClNO3.ClH/c1-14-5-7-15(8-6-14)12-25-19-17(21)9-16(10-18(19)24-4)11-22-20(2,3)13-23;/h5-10,22-23H,11-13H2,1-4H3;1H. The van der Waals surface area contributed by atoms with Crippen LogP contribution in [0.15, 0.2) is 36.4 Å². The molecule has 2 aromatic rings. The van der Waals surface area contributed by atoms with Crippen molar-refractivity contribution in [1.82, 2.24) is 5.32 Å². The quantitative estimate of drug-likeness (QED) is 0.684. The van der Waals surface area contributed by atoms with Crippen LogP contribution in [0.5, 0.6) is 11.5 Å². The molecule has 0 amide bonds. The van der Waals surface area contributed by atoms with Crippen LogP contribution in [0.3, 0.4) is 0 Å². The molecule has 6 heteroatoms. The highest BCUT2D eigenvalue weighted by Crippen LogP contribution is 2.37. The summed E-state index contributed by atoms with van der Waals surface area (Å²) >= 11 is 6.41. The summed E-state index contributed by atoms with van der Waals surface area (Å²) in [5, 5.41) is 13.1. The number of methoxy groups -OCH3 is 1. The second kappa shape index (κ2) is 10.0. The minimum Gasteiger partial charge on any atom is -0.493 e. The first kappa shape index (κ1) is 22.6. The van der Waals surface area contributed by atoms with Gasteiger partial charge in [-0.2, -0.15) is 0 Å². The summed E-state index contributed by atoms with van der Waals surface area (Å²) < 4.78 is 11.3. The molecule has 0 unspecified atom stereocenters. The lowest BCUT2D eigenvalue weighted by atomic mass is 10.1. The van der Waals surface area contributed by atoms with E-state index in [1.807, 2.05) is 38.1 Å². The Morgan fingerprint density at radius 2 is 1.77 bits per heavy atom. The van der Waals surface area contributed by atoms with Crippen LogP contribution in [0, 0.1) is 6.92 Å². The zero-order chi connectivity index (χ0) is 18.4. The number of aryl methyl sites for hydroxylation is 1. The van der Waals surface area contributed by atoms with Gasteiger partial charge in [0.1, 0.15) is 6.61 Å². The number of ether oxygens (including phenoxy) is 2. The summed E-state index contributed by atoms with van der Waals surface area (Å²) in [7, 11) is 1.60. The van der Waals surface area contributed by atoms with Crippen molar-refractivity contribution in [1.29, 1.82) is 0 Å². The molecule has 0 atom stereocenters. The van der Waals surface area contributed by atoms with E-state index in [2.05, 4.69) is 24.4 Å². The molecule has 0 aliphatic rings. The van der Waals surface area contributed by atoms with Crippen molar-refractivity contribution >= 4 is 24.0 Å². The molecule has 4 nitrogen and oxygen atoms in total. The number of aliphatic hydroxyl groups is 1. The third-order valence-corrected chi connectivity index (χ3v) is 4.24. The highest BCUT2D eigenvalue weighted by atomic mass is 35.5. The fourth-order valence-corrected chi connectivity index (χ4v) is 2.54. The van der Waals surface area contributed by atoms with Gasteiger partial charge in [-0.1, -0.05) is 41.4 Å². The zero-order valence-corrected chi connectivity index (χ0v) is 17.2. The van der Waals surface area contributed by atoms with Gasteiger partial charge in [0.2, 0.25) is 0 Å². The van der Waals surface area contributed by atoms with Crippen LogP contribution in [0.1, 0.15) is 30.5 Å². The molecule has 26 heavy (non-hydrogen) atoms. The SMILES string of the molecule is COc1cc(CNC(C)(C)CO)cc(Cl)c1OCc1ccc(C)cc1.Cl. The van der Waals surface area contributed by atoms with E-state index in [9.17, 15) is 5.11 Å². The molecule has 2 rings (SSSR count). The van der Waals surface area contributed by atoms with Gasteiger partial charge in [0.25, 0.3) is 0 Å². The van der Waals surface area contributed by atoms with Gasteiger partial charge in [0.05, 0.1) is 18.7 Å². The third kappa shape index (κ3) is 6.36. The summed E-state index contributed by atoms with van der Waals surface area (Å²) in [6.45, 7) is 6.97. The summed E-state index contributed by atoms with van der Waals surface area (Å²) in [4.78, 5) is 0. The summed E-state index contributed by atoms with van der Waals surface area (Å²) in [5.74, 6) is 1.13.